The summed E-state index contributed by atoms with van der Waals surface area (Å²) in [4.78, 5) is 37.9. The highest BCUT2D eigenvalue weighted by molar-refractivity contribution is 6.40. The van der Waals surface area contributed by atoms with Crippen LogP contribution in [0.3, 0.4) is 0 Å². The second kappa shape index (κ2) is 10.8. The van der Waals surface area contributed by atoms with Crippen molar-refractivity contribution in [2.75, 3.05) is 19.7 Å². The Hall–Kier alpha value is -2.21. The third-order valence-corrected chi connectivity index (χ3v) is 5.05. The minimum atomic E-state index is -0.835. The van der Waals surface area contributed by atoms with E-state index >= 15 is 0 Å². The minimum Gasteiger partial charge on any atom is -0.460 e. The van der Waals surface area contributed by atoms with Gasteiger partial charge in [-0.25, -0.2) is 4.79 Å². The quantitative estimate of drug-likeness (QED) is 0.311. The van der Waals surface area contributed by atoms with E-state index in [1.807, 2.05) is 0 Å². The summed E-state index contributed by atoms with van der Waals surface area (Å²) >= 11 is 0. The van der Waals surface area contributed by atoms with Gasteiger partial charge in [-0.2, -0.15) is 0 Å². The Balaban J connectivity index is 1.57. The number of carbonyl (C=O) groups excluding carboxylic acids is 3. The van der Waals surface area contributed by atoms with Crippen molar-refractivity contribution in [2.24, 2.45) is 0 Å². The van der Waals surface area contributed by atoms with Crippen LogP contribution in [-0.4, -0.2) is 54.3 Å². The molecule has 1 aromatic rings. The van der Waals surface area contributed by atoms with Crippen molar-refractivity contribution in [2.45, 2.75) is 58.0 Å². The van der Waals surface area contributed by atoms with Crippen molar-refractivity contribution >= 4 is 17.7 Å². The molecule has 1 aliphatic heterocycles. The summed E-state index contributed by atoms with van der Waals surface area (Å²) in [5, 5.41) is 2.92. The van der Waals surface area contributed by atoms with Crippen LogP contribution in [0.1, 0.15) is 56.3 Å². The number of carbonyl (C=O) groups is 3. The van der Waals surface area contributed by atoms with Crippen LogP contribution in [0.2, 0.25) is 0 Å². The molecule has 0 bridgehead atoms. The molecule has 0 aromatic heterocycles. The maximum Gasteiger partial charge on any atom is 0.379 e. The molecular formula is C21H30N2O4. The van der Waals surface area contributed by atoms with E-state index in [1.165, 1.54) is 6.42 Å². The highest BCUT2D eigenvalue weighted by Crippen LogP contribution is 2.21. The first-order chi connectivity index (χ1) is 13.0. The number of ether oxygens (including phenoxy) is 1. The molecule has 1 aliphatic rings. The largest absolute Gasteiger partial charge is 0.460 e. The van der Waals surface area contributed by atoms with Gasteiger partial charge in [0.2, 0.25) is 5.91 Å². The van der Waals surface area contributed by atoms with E-state index in [9.17, 15) is 14.4 Å². The average Bonchev–Trinajstić information content (AvgIpc) is 2.67. The van der Waals surface area contributed by atoms with Crippen LogP contribution in [0.25, 0.3) is 0 Å². The zero-order valence-electron chi connectivity index (χ0n) is 16.3. The zero-order chi connectivity index (χ0) is 19.6. The van der Waals surface area contributed by atoms with Gasteiger partial charge in [0.25, 0.3) is 5.78 Å². The number of esters is 1. The SMILES string of the molecule is CC1CCCC(C)N1CC(=O)NCCCCOC(=O)C(=O)c1ccccc1. The topological polar surface area (TPSA) is 75.7 Å². The predicted octanol–water partition coefficient (Wildman–Crippen LogP) is 2.57. The Kier molecular flexibility index (Phi) is 8.45. The van der Waals surface area contributed by atoms with Gasteiger partial charge in [0.1, 0.15) is 0 Å². The number of nitrogens with one attached hydrogen (secondary N) is 1. The molecule has 2 rings (SSSR count). The van der Waals surface area contributed by atoms with Gasteiger partial charge in [-0.3, -0.25) is 14.5 Å². The lowest BCUT2D eigenvalue weighted by Gasteiger charge is -2.38. The second-order valence-corrected chi connectivity index (χ2v) is 7.19. The number of unbranched alkanes of at least 4 members (excludes halogenated alkanes) is 1. The van der Waals surface area contributed by atoms with Crippen LogP contribution < -0.4 is 5.32 Å². The van der Waals surface area contributed by atoms with Gasteiger partial charge < -0.3 is 10.1 Å². The molecule has 1 saturated heterocycles. The summed E-state index contributed by atoms with van der Waals surface area (Å²) in [7, 11) is 0. The Morgan fingerprint density at radius 2 is 1.74 bits per heavy atom. The summed E-state index contributed by atoms with van der Waals surface area (Å²) < 4.78 is 5.01. The Morgan fingerprint density at radius 3 is 2.41 bits per heavy atom. The smallest absolute Gasteiger partial charge is 0.379 e. The summed E-state index contributed by atoms with van der Waals surface area (Å²) in [6, 6.07) is 9.25. The van der Waals surface area contributed by atoms with Crippen molar-refractivity contribution in [3.05, 3.63) is 35.9 Å². The number of Topliss-reactive ketones (excluding diaryl/α,β-unsaturated/α-hetero) is 1. The molecule has 6 nitrogen and oxygen atoms in total. The average molecular weight is 374 g/mol. The lowest BCUT2D eigenvalue weighted by atomic mass is 9.97. The van der Waals surface area contributed by atoms with E-state index in [1.54, 1.807) is 30.3 Å². The van der Waals surface area contributed by atoms with E-state index in [4.69, 9.17) is 4.74 Å². The molecule has 0 saturated carbocycles. The summed E-state index contributed by atoms with van der Waals surface area (Å²) in [6.45, 7) is 5.50. The van der Waals surface area contributed by atoms with Crippen molar-refractivity contribution in [3.8, 4) is 0 Å². The number of rotatable bonds is 9. The summed E-state index contributed by atoms with van der Waals surface area (Å²) in [6.07, 6.45) is 4.82. The second-order valence-electron chi connectivity index (χ2n) is 7.19. The van der Waals surface area contributed by atoms with E-state index in [-0.39, 0.29) is 12.5 Å². The van der Waals surface area contributed by atoms with Gasteiger partial charge in [-0.15, -0.1) is 0 Å². The monoisotopic (exact) mass is 374 g/mol. The number of hydrogen-bond acceptors (Lipinski definition) is 5. The third-order valence-electron chi connectivity index (χ3n) is 5.05. The van der Waals surface area contributed by atoms with Crippen LogP contribution in [-0.2, 0) is 14.3 Å². The zero-order valence-corrected chi connectivity index (χ0v) is 16.3. The van der Waals surface area contributed by atoms with Crippen molar-refractivity contribution in [3.63, 3.8) is 0 Å². The van der Waals surface area contributed by atoms with Crippen LogP contribution in [0.5, 0.6) is 0 Å². The number of ketones is 1. The number of likely N-dealkylation sites (tertiary alicyclic amines) is 1. The van der Waals surface area contributed by atoms with Gasteiger partial charge in [0.05, 0.1) is 13.2 Å². The van der Waals surface area contributed by atoms with Crippen LogP contribution in [0.4, 0.5) is 0 Å². The van der Waals surface area contributed by atoms with E-state index in [0.29, 0.717) is 43.6 Å². The van der Waals surface area contributed by atoms with Crippen LogP contribution in [0, 0.1) is 0 Å². The molecule has 1 aromatic carbocycles. The fraction of sp³-hybridized carbons (Fsp3) is 0.571. The Labute approximate surface area is 161 Å². The summed E-state index contributed by atoms with van der Waals surface area (Å²) in [5.74, 6) is -1.43. The lowest BCUT2D eigenvalue weighted by molar-refractivity contribution is -0.138. The number of piperidine rings is 1. The van der Waals surface area contributed by atoms with E-state index in [2.05, 4.69) is 24.1 Å². The van der Waals surface area contributed by atoms with Crippen molar-refractivity contribution < 1.29 is 19.1 Å². The van der Waals surface area contributed by atoms with E-state index < -0.39 is 11.8 Å². The van der Waals surface area contributed by atoms with Gasteiger partial charge in [0.15, 0.2) is 0 Å². The molecule has 1 heterocycles. The maximum atomic E-state index is 12.1. The fourth-order valence-corrected chi connectivity index (χ4v) is 3.40. The van der Waals surface area contributed by atoms with Crippen LogP contribution in [0.15, 0.2) is 30.3 Å². The minimum absolute atomic E-state index is 0.0341. The van der Waals surface area contributed by atoms with Gasteiger partial charge in [-0.05, 0) is 39.5 Å². The normalized spacial score (nSPS) is 20.1. The number of nitrogens with zero attached hydrogens (tertiary/aromatic N) is 1. The van der Waals surface area contributed by atoms with Gasteiger partial charge in [0, 0.05) is 24.2 Å². The molecule has 2 unspecified atom stereocenters. The molecule has 0 spiro atoms. The van der Waals surface area contributed by atoms with Gasteiger partial charge in [-0.1, -0.05) is 36.8 Å². The Morgan fingerprint density at radius 1 is 1.07 bits per heavy atom. The van der Waals surface area contributed by atoms with Gasteiger partial charge >= 0.3 is 5.97 Å². The highest BCUT2D eigenvalue weighted by atomic mass is 16.5. The fourth-order valence-electron chi connectivity index (χ4n) is 3.40. The first kappa shape index (κ1) is 21.1. The number of amides is 1. The molecule has 148 valence electrons. The predicted molar refractivity (Wildman–Crippen MR) is 103 cm³/mol. The third kappa shape index (κ3) is 6.79. The van der Waals surface area contributed by atoms with E-state index in [0.717, 1.165) is 12.8 Å². The standard InChI is InChI=1S/C21H30N2O4/c1-16-9-8-10-17(2)23(16)15-19(24)22-13-6-7-14-27-21(26)20(25)18-11-4-3-5-12-18/h3-5,11-12,16-17H,6-10,13-15H2,1-2H3,(H,22,24). The molecule has 0 radical (unpaired) electrons. The molecule has 0 aliphatic carbocycles. The molecule has 1 amide bonds. The maximum absolute atomic E-state index is 12.1. The molecule has 1 N–H and O–H groups in total. The number of benzene rings is 1. The summed E-state index contributed by atoms with van der Waals surface area (Å²) in [5.41, 5.74) is 0.330. The first-order valence-corrected chi connectivity index (χ1v) is 9.78. The molecule has 1 fully saturated rings. The molecule has 2 atom stereocenters. The van der Waals surface area contributed by atoms with Crippen molar-refractivity contribution in [1.82, 2.24) is 10.2 Å². The first-order valence-electron chi connectivity index (χ1n) is 9.78. The highest BCUT2D eigenvalue weighted by Gasteiger charge is 2.26. The number of hydrogen-bond donors (Lipinski definition) is 1. The molecule has 6 heteroatoms. The van der Waals surface area contributed by atoms with Crippen molar-refractivity contribution in [1.29, 1.82) is 0 Å². The molecule has 27 heavy (non-hydrogen) atoms. The molecular weight excluding hydrogens is 344 g/mol. The van der Waals surface area contributed by atoms with Crippen LogP contribution >= 0.6 is 0 Å². The lowest BCUT2D eigenvalue weighted by Crippen LogP contribution is -2.48. The Bertz CT molecular complexity index is 622.